The average Bonchev–Trinajstić information content (AvgIpc) is 2.78. The smallest absolute Gasteiger partial charge is 0.243 e. The molecule has 1 heterocycles. The van der Waals surface area contributed by atoms with Crippen LogP contribution in [0.1, 0.15) is 32.3 Å². The molecule has 1 saturated heterocycles. The van der Waals surface area contributed by atoms with Gasteiger partial charge < -0.3 is 4.90 Å². The maximum absolute atomic E-state index is 13.5. The van der Waals surface area contributed by atoms with Crippen molar-refractivity contribution >= 4 is 25.7 Å². The summed E-state index contributed by atoms with van der Waals surface area (Å²) in [6.07, 6.45) is 1.23. The minimum absolute atomic E-state index is 0.0742. The van der Waals surface area contributed by atoms with Crippen LogP contribution in [0.4, 0.5) is 5.69 Å². The third kappa shape index (κ3) is 6.56. The van der Waals surface area contributed by atoms with Crippen molar-refractivity contribution in [3.63, 3.8) is 0 Å². The molecule has 2 aromatic rings. The number of nitrogens with zero attached hydrogens (tertiary/aromatic N) is 3. The van der Waals surface area contributed by atoms with Gasteiger partial charge in [-0.3, -0.25) is 0 Å². The molecule has 0 aromatic heterocycles. The molecule has 2 aromatic carbocycles. The van der Waals surface area contributed by atoms with Gasteiger partial charge in [-0.05, 0) is 41.7 Å². The van der Waals surface area contributed by atoms with Crippen LogP contribution in [-0.2, 0) is 20.0 Å². The van der Waals surface area contributed by atoms with E-state index in [4.69, 9.17) is 0 Å². The molecule has 1 aliphatic rings. The maximum atomic E-state index is 13.5. The third-order valence-corrected chi connectivity index (χ3v) is 9.11. The second-order valence-corrected chi connectivity index (χ2v) is 13.1. The minimum atomic E-state index is -3.65. The Bertz CT molecular complexity index is 1110. The Morgan fingerprint density at radius 3 is 1.91 bits per heavy atom. The fraction of sp³-hybridized carbons (Fsp3) is 0.500. The Hall–Kier alpha value is -1.94. The van der Waals surface area contributed by atoms with Crippen molar-refractivity contribution in [2.75, 3.05) is 50.4 Å². The molecule has 0 bridgehead atoms. The molecule has 0 aliphatic carbocycles. The van der Waals surface area contributed by atoms with E-state index in [-0.39, 0.29) is 16.7 Å². The van der Waals surface area contributed by atoms with Gasteiger partial charge in [0, 0.05) is 45.0 Å². The third-order valence-electron chi connectivity index (χ3n) is 5.96. The van der Waals surface area contributed by atoms with Gasteiger partial charge in [-0.15, -0.1) is 0 Å². The highest BCUT2D eigenvalue weighted by atomic mass is 32.2. The van der Waals surface area contributed by atoms with E-state index in [0.29, 0.717) is 39.3 Å². The zero-order chi connectivity index (χ0) is 24.2. The van der Waals surface area contributed by atoms with Crippen molar-refractivity contribution in [2.24, 2.45) is 5.92 Å². The lowest BCUT2D eigenvalue weighted by Gasteiger charge is -2.34. The first-order valence-electron chi connectivity index (χ1n) is 11.3. The predicted octanol–water partition coefficient (Wildman–Crippen LogP) is 3.22. The first kappa shape index (κ1) is 25.7. The van der Waals surface area contributed by atoms with E-state index in [1.165, 1.54) is 10.6 Å². The van der Waals surface area contributed by atoms with Crippen molar-refractivity contribution in [2.45, 2.75) is 31.6 Å². The van der Waals surface area contributed by atoms with Crippen LogP contribution in [0.5, 0.6) is 0 Å². The number of benzene rings is 2. The van der Waals surface area contributed by atoms with Crippen molar-refractivity contribution in [1.82, 2.24) is 8.61 Å². The Morgan fingerprint density at radius 2 is 1.39 bits per heavy atom. The predicted molar refractivity (Wildman–Crippen MR) is 134 cm³/mol. The summed E-state index contributed by atoms with van der Waals surface area (Å²) in [5.74, 6) is 0.276. The van der Waals surface area contributed by atoms with E-state index in [1.807, 2.05) is 56.3 Å². The van der Waals surface area contributed by atoms with Gasteiger partial charge in [-0.25, -0.2) is 16.8 Å². The maximum Gasteiger partial charge on any atom is 0.243 e. The van der Waals surface area contributed by atoms with Gasteiger partial charge in [0.1, 0.15) is 0 Å². The van der Waals surface area contributed by atoms with Crippen LogP contribution >= 0.6 is 0 Å². The van der Waals surface area contributed by atoms with Crippen LogP contribution in [0.25, 0.3) is 0 Å². The number of sulfonamides is 2. The highest BCUT2D eigenvalue weighted by Gasteiger charge is 2.28. The van der Waals surface area contributed by atoms with Crippen molar-refractivity contribution in [3.05, 3.63) is 60.2 Å². The summed E-state index contributed by atoms with van der Waals surface area (Å²) in [5, 5.41) is 0. The summed E-state index contributed by atoms with van der Waals surface area (Å²) < 4.78 is 53.5. The summed E-state index contributed by atoms with van der Waals surface area (Å²) in [6.45, 7) is 8.98. The second kappa shape index (κ2) is 10.5. The van der Waals surface area contributed by atoms with Crippen LogP contribution < -0.4 is 4.90 Å². The number of piperazine rings is 1. The highest BCUT2D eigenvalue weighted by molar-refractivity contribution is 7.89. The monoisotopic (exact) mass is 493 g/mol. The first-order chi connectivity index (χ1) is 15.5. The quantitative estimate of drug-likeness (QED) is 0.536. The second-order valence-electron chi connectivity index (χ2n) is 9.17. The molecule has 1 unspecified atom stereocenters. The number of rotatable bonds is 9. The SMILES string of the molecule is CC(C)CN(CC(C)c1ccccc1)S(=O)(=O)c1ccc(N2CCN(S(C)(=O)=O)CC2)cc1. The summed E-state index contributed by atoms with van der Waals surface area (Å²) in [4.78, 5) is 2.36. The van der Waals surface area contributed by atoms with Gasteiger partial charge in [0.15, 0.2) is 0 Å². The highest BCUT2D eigenvalue weighted by Crippen LogP contribution is 2.25. The van der Waals surface area contributed by atoms with Gasteiger partial charge in [0.25, 0.3) is 0 Å². The molecule has 0 saturated carbocycles. The van der Waals surface area contributed by atoms with E-state index < -0.39 is 20.0 Å². The standard InChI is InChI=1S/C24H35N3O4S2/c1-20(2)18-27(19-21(3)22-8-6-5-7-9-22)33(30,31)24-12-10-23(11-13-24)25-14-16-26(17-15-25)32(4,28)29/h5-13,20-21H,14-19H2,1-4H3. The number of hydrogen-bond acceptors (Lipinski definition) is 5. The lowest BCUT2D eigenvalue weighted by molar-refractivity contribution is 0.352. The molecule has 0 N–H and O–H groups in total. The van der Waals surface area contributed by atoms with E-state index in [2.05, 4.69) is 11.8 Å². The van der Waals surface area contributed by atoms with Gasteiger partial charge in [0.2, 0.25) is 20.0 Å². The molecule has 0 spiro atoms. The summed E-state index contributed by atoms with van der Waals surface area (Å²) in [7, 11) is -6.83. The normalized spacial score (nSPS) is 17.0. The molecular formula is C24H35N3O4S2. The summed E-state index contributed by atoms with van der Waals surface area (Å²) in [6, 6.07) is 16.9. The molecular weight excluding hydrogens is 458 g/mol. The molecule has 1 fully saturated rings. The van der Waals surface area contributed by atoms with Crippen molar-refractivity contribution in [3.8, 4) is 0 Å². The molecule has 33 heavy (non-hydrogen) atoms. The first-order valence-corrected chi connectivity index (χ1v) is 14.6. The zero-order valence-electron chi connectivity index (χ0n) is 19.9. The molecule has 1 aliphatic heterocycles. The van der Waals surface area contributed by atoms with Gasteiger partial charge in [0.05, 0.1) is 11.2 Å². The average molecular weight is 494 g/mol. The molecule has 9 heteroatoms. The van der Waals surface area contributed by atoms with Gasteiger partial charge in [-0.1, -0.05) is 51.1 Å². The minimum Gasteiger partial charge on any atom is -0.369 e. The Labute approximate surface area is 199 Å². The van der Waals surface area contributed by atoms with Crippen LogP contribution in [0.3, 0.4) is 0 Å². The fourth-order valence-electron chi connectivity index (χ4n) is 4.13. The summed E-state index contributed by atoms with van der Waals surface area (Å²) in [5.41, 5.74) is 2.01. The van der Waals surface area contributed by atoms with E-state index in [1.54, 1.807) is 16.4 Å². The molecule has 0 radical (unpaired) electrons. The molecule has 1 atom stereocenters. The number of anilines is 1. The van der Waals surface area contributed by atoms with Crippen LogP contribution in [0.2, 0.25) is 0 Å². The van der Waals surface area contributed by atoms with Crippen LogP contribution in [0.15, 0.2) is 59.5 Å². The molecule has 182 valence electrons. The largest absolute Gasteiger partial charge is 0.369 e. The number of hydrogen-bond donors (Lipinski definition) is 0. The van der Waals surface area contributed by atoms with Crippen LogP contribution in [0, 0.1) is 5.92 Å². The molecule has 3 rings (SSSR count). The van der Waals surface area contributed by atoms with E-state index in [9.17, 15) is 16.8 Å². The van der Waals surface area contributed by atoms with Crippen molar-refractivity contribution in [1.29, 1.82) is 0 Å². The zero-order valence-corrected chi connectivity index (χ0v) is 21.5. The van der Waals surface area contributed by atoms with Gasteiger partial charge >= 0.3 is 0 Å². The Balaban J connectivity index is 1.75. The van der Waals surface area contributed by atoms with Crippen molar-refractivity contribution < 1.29 is 16.8 Å². The fourth-order valence-corrected chi connectivity index (χ4v) is 6.65. The Kier molecular flexibility index (Phi) is 8.21. The van der Waals surface area contributed by atoms with E-state index in [0.717, 1.165) is 11.3 Å². The summed E-state index contributed by atoms with van der Waals surface area (Å²) >= 11 is 0. The van der Waals surface area contributed by atoms with E-state index >= 15 is 0 Å². The van der Waals surface area contributed by atoms with Crippen LogP contribution in [-0.4, -0.2) is 71.0 Å². The lowest BCUT2D eigenvalue weighted by Crippen LogP contribution is -2.48. The topological polar surface area (TPSA) is 78.0 Å². The molecule has 0 amide bonds. The molecule has 7 nitrogen and oxygen atoms in total. The lowest BCUT2D eigenvalue weighted by atomic mass is 10.0. The Morgan fingerprint density at radius 1 is 0.818 bits per heavy atom. The van der Waals surface area contributed by atoms with Gasteiger partial charge in [-0.2, -0.15) is 8.61 Å².